The lowest BCUT2D eigenvalue weighted by molar-refractivity contribution is 0.174. The van der Waals surface area contributed by atoms with E-state index in [1.807, 2.05) is 0 Å². The van der Waals surface area contributed by atoms with Gasteiger partial charge in [0.05, 0.1) is 0 Å². The number of hydrogen-bond donors (Lipinski definition) is 1. The zero-order chi connectivity index (χ0) is 15.4. The van der Waals surface area contributed by atoms with Crippen molar-refractivity contribution in [3.05, 3.63) is 0 Å². The SMILES string of the molecule is CCNC(=NCC1(CCOC)CC1)N1CC2CCCCC2C1. The molecule has 2 aliphatic carbocycles. The van der Waals surface area contributed by atoms with E-state index in [0.29, 0.717) is 5.41 Å². The summed E-state index contributed by atoms with van der Waals surface area (Å²) < 4.78 is 5.26. The van der Waals surface area contributed by atoms with Crippen LogP contribution in [0.15, 0.2) is 4.99 Å². The molecule has 3 fully saturated rings. The van der Waals surface area contributed by atoms with Gasteiger partial charge in [0.25, 0.3) is 0 Å². The van der Waals surface area contributed by atoms with Gasteiger partial charge in [-0.25, -0.2) is 0 Å². The van der Waals surface area contributed by atoms with Gasteiger partial charge in [0.1, 0.15) is 0 Å². The van der Waals surface area contributed by atoms with Crippen LogP contribution in [0.2, 0.25) is 0 Å². The van der Waals surface area contributed by atoms with Gasteiger partial charge >= 0.3 is 0 Å². The summed E-state index contributed by atoms with van der Waals surface area (Å²) in [6, 6.07) is 0. The molecule has 0 aromatic carbocycles. The molecule has 2 saturated carbocycles. The van der Waals surface area contributed by atoms with Crippen molar-refractivity contribution in [2.24, 2.45) is 22.2 Å². The summed E-state index contributed by atoms with van der Waals surface area (Å²) in [4.78, 5) is 7.55. The van der Waals surface area contributed by atoms with Crippen LogP contribution in [0.4, 0.5) is 0 Å². The molecule has 22 heavy (non-hydrogen) atoms. The molecule has 0 amide bonds. The van der Waals surface area contributed by atoms with Crippen LogP contribution in [0, 0.1) is 17.3 Å². The van der Waals surface area contributed by atoms with Gasteiger partial charge in [-0.05, 0) is 56.3 Å². The molecule has 0 bridgehead atoms. The largest absolute Gasteiger partial charge is 0.385 e. The van der Waals surface area contributed by atoms with E-state index in [9.17, 15) is 0 Å². The summed E-state index contributed by atoms with van der Waals surface area (Å²) in [6.45, 7) is 7.44. The number of nitrogens with zero attached hydrogens (tertiary/aromatic N) is 2. The Hall–Kier alpha value is -0.770. The van der Waals surface area contributed by atoms with Crippen LogP contribution in [0.25, 0.3) is 0 Å². The third-order valence-electron chi connectivity index (χ3n) is 5.97. The van der Waals surface area contributed by atoms with Crippen LogP contribution >= 0.6 is 0 Å². The minimum atomic E-state index is 0.448. The standard InChI is InChI=1S/C18H33N3O/c1-3-19-17(20-14-18(8-9-18)10-11-22-2)21-12-15-6-4-5-7-16(15)13-21/h15-16H,3-14H2,1-2H3,(H,19,20). The molecule has 4 heteroatoms. The molecule has 2 atom stereocenters. The van der Waals surface area contributed by atoms with E-state index in [4.69, 9.17) is 9.73 Å². The molecule has 1 aliphatic heterocycles. The van der Waals surface area contributed by atoms with E-state index < -0.39 is 0 Å². The molecular weight excluding hydrogens is 274 g/mol. The highest BCUT2D eigenvalue weighted by atomic mass is 16.5. The Morgan fingerprint density at radius 1 is 1.23 bits per heavy atom. The Morgan fingerprint density at radius 2 is 1.91 bits per heavy atom. The van der Waals surface area contributed by atoms with E-state index in [0.717, 1.165) is 38.0 Å². The monoisotopic (exact) mass is 307 g/mol. The number of rotatable bonds is 6. The molecule has 126 valence electrons. The van der Waals surface area contributed by atoms with Crippen molar-refractivity contribution in [2.75, 3.05) is 39.9 Å². The lowest BCUT2D eigenvalue weighted by Gasteiger charge is -2.23. The molecular formula is C18H33N3O. The molecule has 0 aromatic heterocycles. The van der Waals surface area contributed by atoms with Crippen LogP contribution in [0.3, 0.4) is 0 Å². The Labute approximate surface area is 135 Å². The molecule has 4 nitrogen and oxygen atoms in total. The molecule has 2 unspecified atom stereocenters. The van der Waals surface area contributed by atoms with Crippen molar-refractivity contribution in [1.29, 1.82) is 0 Å². The van der Waals surface area contributed by atoms with Crippen LogP contribution in [-0.4, -0.2) is 50.8 Å². The van der Waals surface area contributed by atoms with Gasteiger partial charge < -0.3 is 15.0 Å². The van der Waals surface area contributed by atoms with Crippen LogP contribution < -0.4 is 5.32 Å². The summed E-state index contributed by atoms with van der Waals surface area (Å²) in [6.07, 6.45) is 9.54. The van der Waals surface area contributed by atoms with Gasteiger partial charge in [-0.2, -0.15) is 0 Å². The molecule has 0 radical (unpaired) electrons. The van der Waals surface area contributed by atoms with E-state index in [-0.39, 0.29) is 0 Å². The lowest BCUT2D eigenvalue weighted by atomic mass is 9.82. The number of methoxy groups -OCH3 is 1. The highest BCUT2D eigenvalue weighted by molar-refractivity contribution is 5.80. The average Bonchev–Trinajstić information content (AvgIpc) is 3.18. The average molecular weight is 307 g/mol. The number of likely N-dealkylation sites (tertiary alicyclic amines) is 1. The topological polar surface area (TPSA) is 36.9 Å². The van der Waals surface area contributed by atoms with E-state index in [1.165, 1.54) is 57.6 Å². The van der Waals surface area contributed by atoms with E-state index in [1.54, 1.807) is 7.11 Å². The minimum absolute atomic E-state index is 0.448. The number of aliphatic imine (C=N–C) groups is 1. The van der Waals surface area contributed by atoms with Gasteiger partial charge in [0.15, 0.2) is 5.96 Å². The quantitative estimate of drug-likeness (QED) is 0.605. The first-order valence-electron chi connectivity index (χ1n) is 9.28. The Kier molecular flexibility index (Phi) is 5.27. The fraction of sp³-hybridized carbons (Fsp3) is 0.944. The maximum atomic E-state index is 5.26. The van der Waals surface area contributed by atoms with Crippen molar-refractivity contribution in [3.8, 4) is 0 Å². The van der Waals surface area contributed by atoms with Gasteiger partial charge in [-0.15, -0.1) is 0 Å². The van der Waals surface area contributed by atoms with Gasteiger partial charge in [-0.3, -0.25) is 4.99 Å². The second-order valence-corrected chi connectivity index (χ2v) is 7.62. The fourth-order valence-corrected chi connectivity index (χ4v) is 4.23. The maximum absolute atomic E-state index is 5.26. The zero-order valence-corrected chi connectivity index (χ0v) is 14.4. The lowest BCUT2D eigenvalue weighted by Crippen LogP contribution is -2.40. The van der Waals surface area contributed by atoms with Crippen molar-refractivity contribution in [1.82, 2.24) is 10.2 Å². The first-order chi connectivity index (χ1) is 10.8. The third-order valence-corrected chi connectivity index (χ3v) is 5.97. The Bertz CT molecular complexity index is 378. The normalized spacial score (nSPS) is 30.3. The van der Waals surface area contributed by atoms with Crippen molar-refractivity contribution >= 4 is 5.96 Å². The highest BCUT2D eigenvalue weighted by Gasteiger charge is 2.42. The number of nitrogens with one attached hydrogen (secondary N) is 1. The molecule has 3 aliphatic rings. The summed E-state index contributed by atoms with van der Waals surface area (Å²) in [7, 11) is 1.80. The molecule has 1 saturated heterocycles. The Morgan fingerprint density at radius 3 is 2.45 bits per heavy atom. The van der Waals surface area contributed by atoms with Gasteiger partial charge in [-0.1, -0.05) is 12.8 Å². The van der Waals surface area contributed by atoms with Crippen molar-refractivity contribution in [3.63, 3.8) is 0 Å². The predicted octanol–water partition coefficient (Wildman–Crippen LogP) is 2.89. The molecule has 3 rings (SSSR count). The second kappa shape index (κ2) is 7.20. The minimum Gasteiger partial charge on any atom is -0.385 e. The van der Waals surface area contributed by atoms with Gasteiger partial charge in [0.2, 0.25) is 0 Å². The maximum Gasteiger partial charge on any atom is 0.193 e. The first kappa shape index (κ1) is 16.1. The zero-order valence-electron chi connectivity index (χ0n) is 14.4. The van der Waals surface area contributed by atoms with Crippen molar-refractivity contribution in [2.45, 2.75) is 51.9 Å². The van der Waals surface area contributed by atoms with Crippen LogP contribution in [-0.2, 0) is 4.74 Å². The molecule has 1 heterocycles. The van der Waals surface area contributed by atoms with Crippen LogP contribution in [0.1, 0.15) is 51.9 Å². The summed E-state index contributed by atoms with van der Waals surface area (Å²) in [5, 5.41) is 3.54. The highest BCUT2D eigenvalue weighted by Crippen LogP contribution is 2.49. The number of guanidine groups is 1. The van der Waals surface area contributed by atoms with Crippen molar-refractivity contribution < 1.29 is 4.74 Å². The van der Waals surface area contributed by atoms with Crippen LogP contribution in [0.5, 0.6) is 0 Å². The smallest absolute Gasteiger partial charge is 0.193 e. The summed E-state index contributed by atoms with van der Waals surface area (Å²) >= 11 is 0. The fourth-order valence-electron chi connectivity index (χ4n) is 4.23. The third kappa shape index (κ3) is 3.76. The Balaban J connectivity index is 1.59. The first-order valence-corrected chi connectivity index (χ1v) is 9.28. The predicted molar refractivity (Wildman–Crippen MR) is 91.2 cm³/mol. The summed E-state index contributed by atoms with van der Waals surface area (Å²) in [5.41, 5.74) is 0.448. The number of ether oxygens (including phenoxy) is 1. The second-order valence-electron chi connectivity index (χ2n) is 7.62. The number of fused-ring (bicyclic) bond motifs is 1. The van der Waals surface area contributed by atoms with E-state index in [2.05, 4.69) is 17.1 Å². The summed E-state index contributed by atoms with van der Waals surface area (Å²) in [5.74, 6) is 3.00. The molecule has 0 spiro atoms. The molecule has 1 N–H and O–H groups in total. The number of hydrogen-bond acceptors (Lipinski definition) is 2. The molecule has 0 aromatic rings. The van der Waals surface area contributed by atoms with Gasteiger partial charge in [0, 0.05) is 39.9 Å². The van der Waals surface area contributed by atoms with E-state index >= 15 is 0 Å².